The smallest absolute Gasteiger partial charge is 0.275 e. The zero-order valence-corrected chi connectivity index (χ0v) is 17.3. The monoisotopic (exact) mass is 400 g/mol. The van der Waals surface area contributed by atoms with E-state index in [0.717, 1.165) is 76.0 Å². The molecule has 1 aromatic heterocycles. The molecule has 2 saturated heterocycles. The minimum atomic E-state index is 0.0137. The van der Waals surface area contributed by atoms with E-state index < -0.39 is 0 Å². The van der Waals surface area contributed by atoms with Crippen molar-refractivity contribution in [3.8, 4) is 0 Å². The minimum Gasteiger partial charge on any atom is -0.383 e. The molecule has 1 N–H and O–H groups in total. The average Bonchev–Trinajstić information content (AvgIpc) is 3.42. The highest BCUT2D eigenvalue weighted by atomic mass is 16.5. The van der Waals surface area contributed by atoms with Crippen LogP contribution in [-0.4, -0.2) is 85.1 Å². The first-order valence-corrected chi connectivity index (χ1v) is 10.8. The lowest BCUT2D eigenvalue weighted by Crippen LogP contribution is -2.44. The Morgan fingerprint density at radius 1 is 1.28 bits per heavy atom. The van der Waals surface area contributed by atoms with Gasteiger partial charge in [0.1, 0.15) is 0 Å². The second-order valence-electron chi connectivity index (χ2n) is 8.24. The second kappa shape index (κ2) is 9.69. The maximum atomic E-state index is 13.4. The first-order chi connectivity index (χ1) is 14.2. The summed E-state index contributed by atoms with van der Waals surface area (Å²) in [5, 5.41) is 8.24. The molecule has 1 atom stereocenters. The van der Waals surface area contributed by atoms with Gasteiger partial charge in [0.05, 0.1) is 18.2 Å². The molecule has 2 aliphatic rings. The van der Waals surface area contributed by atoms with Crippen LogP contribution in [0.5, 0.6) is 0 Å². The van der Waals surface area contributed by atoms with Crippen LogP contribution in [0.15, 0.2) is 24.3 Å². The van der Waals surface area contributed by atoms with Gasteiger partial charge >= 0.3 is 0 Å². The molecular weight excluding hydrogens is 368 g/mol. The number of hydrogen-bond acceptors (Lipinski definition) is 5. The number of hydrogen-bond donors (Lipinski definition) is 1. The van der Waals surface area contributed by atoms with E-state index in [0.29, 0.717) is 18.2 Å². The fourth-order valence-electron chi connectivity index (χ4n) is 4.48. The minimum absolute atomic E-state index is 0.0137. The Bertz CT molecular complexity index is 794. The molecule has 158 valence electrons. The number of carbonyl (C=O) groups excluding carboxylic acids is 1. The summed E-state index contributed by atoms with van der Waals surface area (Å²) in [4.78, 5) is 17.9. The number of fused-ring (bicyclic) bond motifs is 1. The number of carbonyl (C=O) groups is 1. The number of nitrogens with zero attached hydrogens (tertiary/aromatic N) is 3. The van der Waals surface area contributed by atoms with E-state index in [9.17, 15) is 4.79 Å². The molecule has 1 amide bonds. The van der Waals surface area contributed by atoms with Crippen LogP contribution in [0.4, 0.5) is 0 Å². The first-order valence-electron chi connectivity index (χ1n) is 10.8. The van der Waals surface area contributed by atoms with Crippen molar-refractivity contribution in [1.82, 2.24) is 20.0 Å². The van der Waals surface area contributed by atoms with Gasteiger partial charge in [-0.1, -0.05) is 18.2 Å². The van der Waals surface area contributed by atoms with Gasteiger partial charge in [-0.2, -0.15) is 5.10 Å². The molecule has 7 heteroatoms. The quantitative estimate of drug-likeness (QED) is 0.737. The van der Waals surface area contributed by atoms with E-state index in [2.05, 4.69) is 15.1 Å². The maximum Gasteiger partial charge on any atom is 0.275 e. The Kier molecular flexibility index (Phi) is 6.79. The van der Waals surface area contributed by atoms with Crippen LogP contribution in [0.25, 0.3) is 10.9 Å². The lowest BCUT2D eigenvalue weighted by Gasteiger charge is -2.35. The Labute approximate surface area is 172 Å². The summed E-state index contributed by atoms with van der Waals surface area (Å²) in [5.41, 5.74) is 1.43. The highest BCUT2D eigenvalue weighted by Gasteiger charge is 2.29. The van der Waals surface area contributed by atoms with Crippen LogP contribution in [0.1, 0.15) is 36.2 Å². The van der Waals surface area contributed by atoms with Crippen molar-refractivity contribution in [3.05, 3.63) is 30.0 Å². The number of ether oxygens (including phenoxy) is 2. The molecule has 29 heavy (non-hydrogen) atoms. The van der Waals surface area contributed by atoms with Crippen molar-refractivity contribution in [2.75, 3.05) is 53.0 Å². The summed E-state index contributed by atoms with van der Waals surface area (Å²) in [7, 11) is 1.75. The number of rotatable bonds is 8. The lowest BCUT2D eigenvalue weighted by atomic mass is 9.95. The van der Waals surface area contributed by atoms with Crippen molar-refractivity contribution in [2.45, 2.75) is 31.8 Å². The molecule has 3 heterocycles. The molecule has 0 spiro atoms. The van der Waals surface area contributed by atoms with Gasteiger partial charge in [-0.3, -0.25) is 9.89 Å². The van der Waals surface area contributed by atoms with Crippen LogP contribution in [0.2, 0.25) is 0 Å². The number of para-hydroxylation sites is 1. The Balaban J connectivity index is 1.44. The molecule has 2 aromatic rings. The number of methoxy groups -OCH3 is 1. The van der Waals surface area contributed by atoms with Gasteiger partial charge < -0.3 is 19.3 Å². The van der Waals surface area contributed by atoms with Gasteiger partial charge in [0.15, 0.2) is 5.69 Å². The summed E-state index contributed by atoms with van der Waals surface area (Å²) in [6.45, 7) is 6.14. The van der Waals surface area contributed by atoms with E-state index in [1.54, 1.807) is 7.11 Å². The molecule has 2 aliphatic heterocycles. The van der Waals surface area contributed by atoms with Crippen molar-refractivity contribution in [3.63, 3.8) is 0 Å². The molecule has 1 aromatic carbocycles. The van der Waals surface area contributed by atoms with Gasteiger partial charge in [0, 0.05) is 38.7 Å². The summed E-state index contributed by atoms with van der Waals surface area (Å²) >= 11 is 0. The van der Waals surface area contributed by atoms with Crippen LogP contribution < -0.4 is 0 Å². The molecule has 0 radical (unpaired) electrons. The molecule has 0 bridgehead atoms. The van der Waals surface area contributed by atoms with E-state index in [-0.39, 0.29) is 12.0 Å². The van der Waals surface area contributed by atoms with Crippen LogP contribution in [0, 0.1) is 5.92 Å². The third-order valence-corrected chi connectivity index (χ3v) is 6.21. The third-order valence-electron chi connectivity index (χ3n) is 6.21. The number of benzene rings is 1. The number of nitrogens with one attached hydrogen (secondary N) is 1. The topological polar surface area (TPSA) is 70.7 Å². The predicted octanol–water partition coefficient (Wildman–Crippen LogP) is 2.54. The Hall–Kier alpha value is -1.96. The predicted molar refractivity (Wildman–Crippen MR) is 112 cm³/mol. The van der Waals surface area contributed by atoms with Crippen LogP contribution in [-0.2, 0) is 9.47 Å². The van der Waals surface area contributed by atoms with Gasteiger partial charge in [-0.15, -0.1) is 0 Å². The fraction of sp³-hybridized carbons (Fsp3) is 0.636. The fourth-order valence-corrected chi connectivity index (χ4v) is 4.48. The Morgan fingerprint density at radius 3 is 2.86 bits per heavy atom. The van der Waals surface area contributed by atoms with Gasteiger partial charge in [-0.25, -0.2) is 0 Å². The number of piperidine rings is 1. The van der Waals surface area contributed by atoms with Gasteiger partial charge in [0.25, 0.3) is 5.91 Å². The number of amides is 1. The molecule has 0 saturated carbocycles. The highest BCUT2D eigenvalue weighted by molar-refractivity contribution is 6.04. The SMILES string of the molecule is COCCN1CCC(CN(C[C@@H]2CCCO2)C(=O)c2n[nH]c3ccccc23)CC1. The molecule has 4 rings (SSSR count). The Morgan fingerprint density at radius 2 is 2.10 bits per heavy atom. The summed E-state index contributed by atoms with van der Waals surface area (Å²) in [6, 6.07) is 7.83. The first kappa shape index (κ1) is 20.3. The molecule has 2 fully saturated rings. The summed E-state index contributed by atoms with van der Waals surface area (Å²) in [5.74, 6) is 0.532. The highest BCUT2D eigenvalue weighted by Crippen LogP contribution is 2.23. The van der Waals surface area contributed by atoms with Crippen molar-refractivity contribution >= 4 is 16.8 Å². The number of aromatic amines is 1. The maximum absolute atomic E-state index is 13.4. The van der Waals surface area contributed by atoms with Crippen LogP contribution >= 0.6 is 0 Å². The number of aromatic nitrogens is 2. The van der Waals surface area contributed by atoms with Crippen molar-refractivity contribution in [2.24, 2.45) is 5.92 Å². The summed E-state index contributed by atoms with van der Waals surface area (Å²) in [6.07, 6.45) is 4.47. The molecule has 0 unspecified atom stereocenters. The third kappa shape index (κ3) is 4.97. The number of likely N-dealkylation sites (tertiary alicyclic amines) is 1. The molecule has 0 aliphatic carbocycles. The van der Waals surface area contributed by atoms with Gasteiger partial charge in [0.2, 0.25) is 0 Å². The zero-order valence-electron chi connectivity index (χ0n) is 17.3. The average molecular weight is 401 g/mol. The van der Waals surface area contributed by atoms with E-state index in [1.165, 1.54) is 0 Å². The normalized spacial score (nSPS) is 21.1. The number of H-pyrrole nitrogens is 1. The van der Waals surface area contributed by atoms with Gasteiger partial charge in [-0.05, 0) is 50.8 Å². The lowest BCUT2D eigenvalue weighted by molar-refractivity contribution is 0.0434. The van der Waals surface area contributed by atoms with Crippen LogP contribution in [0.3, 0.4) is 0 Å². The molecular formula is C22H32N4O3. The van der Waals surface area contributed by atoms with E-state index in [1.807, 2.05) is 29.2 Å². The standard InChI is InChI=1S/C22H32N4O3/c1-28-14-12-25-10-8-17(9-11-25)15-26(16-18-5-4-13-29-18)22(27)21-19-6-2-3-7-20(19)23-24-21/h2-3,6-7,17-18H,4-5,8-16H2,1H3,(H,23,24)/t18-/m0/s1. The van der Waals surface area contributed by atoms with Crippen molar-refractivity contribution < 1.29 is 14.3 Å². The van der Waals surface area contributed by atoms with E-state index >= 15 is 0 Å². The zero-order chi connectivity index (χ0) is 20.1. The second-order valence-corrected chi connectivity index (χ2v) is 8.24. The van der Waals surface area contributed by atoms with E-state index in [4.69, 9.17) is 9.47 Å². The molecule has 7 nitrogen and oxygen atoms in total. The van der Waals surface area contributed by atoms with Crippen molar-refractivity contribution in [1.29, 1.82) is 0 Å². The summed E-state index contributed by atoms with van der Waals surface area (Å²) < 4.78 is 11.0. The largest absolute Gasteiger partial charge is 0.383 e.